The van der Waals surface area contributed by atoms with Gasteiger partial charge in [0.1, 0.15) is 0 Å². The molecular weight excluding hydrogens is 296 g/mol. The molecule has 0 radical (unpaired) electrons. The topological polar surface area (TPSA) is 35.5 Å². The molecule has 3 nitrogen and oxygen atoms in total. The van der Waals surface area contributed by atoms with E-state index in [0.717, 1.165) is 16.0 Å². The Bertz CT molecular complexity index is 687. The second-order valence-electron chi connectivity index (χ2n) is 5.33. The third-order valence-corrected chi connectivity index (χ3v) is 5.33. The van der Waals surface area contributed by atoms with Gasteiger partial charge in [-0.2, -0.15) is 0 Å². The average Bonchev–Trinajstić information content (AvgIpc) is 2.50. The van der Waals surface area contributed by atoms with E-state index < -0.39 is 10.8 Å². The SMILES string of the molecule is COc1cc(C)c([S@](=O)Cc2c(C)cccc2C)cc1OC. The van der Waals surface area contributed by atoms with E-state index in [1.54, 1.807) is 14.2 Å². The molecule has 1 atom stereocenters. The zero-order valence-electron chi connectivity index (χ0n) is 13.7. The summed E-state index contributed by atoms with van der Waals surface area (Å²) in [5.74, 6) is 1.78. The van der Waals surface area contributed by atoms with Gasteiger partial charge < -0.3 is 9.47 Å². The van der Waals surface area contributed by atoms with Gasteiger partial charge in [0.25, 0.3) is 0 Å². The first kappa shape index (κ1) is 16.6. The van der Waals surface area contributed by atoms with Crippen molar-refractivity contribution in [2.45, 2.75) is 31.4 Å². The largest absolute Gasteiger partial charge is 0.493 e. The average molecular weight is 318 g/mol. The van der Waals surface area contributed by atoms with E-state index in [4.69, 9.17) is 9.47 Å². The summed E-state index contributed by atoms with van der Waals surface area (Å²) in [6.07, 6.45) is 0. The number of aryl methyl sites for hydroxylation is 3. The lowest BCUT2D eigenvalue weighted by molar-refractivity contribution is 0.353. The molecular formula is C18H22O3S. The summed E-state index contributed by atoms with van der Waals surface area (Å²) in [6, 6.07) is 9.83. The molecule has 0 bridgehead atoms. The van der Waals surface area contributed by atoms with Crippen LogP contribution in [0, 0.1) is 20.8 Å². The highest BCUT2D eigenvalue weighted by molar-refractivity contribution is 7.84. The third kappa shape index (κ3) is 3.33. The number of hydrogen-bond donors (Lipinski definition) is 0. The quantitative estimate of drug-likeness (QED) is 0.838. The van der Waals surface area contributed by atoms with Crippen LogP contribution in [-0.2, 0) is 16.6 Å². The fourth-order valence-corrected chi connectivity index (χ4v) is 4.02. The van der Waals surface area contributed by atoms with Crippen LogP contribution >= 0.6 is 0 Å². The minimum absolute atomic E-state index is 0.509. The Balaban J connectivity index is 2.38. The molecule has 0 spiro atoms. The van der Waals surface area contributed by atoms with Crippen LogP contribution < -0.4 is 9.47 Å². The van der Waals surface area contributed by atoms with Gasteiger partial charge in [-0.05, 0) is 49.1 Å². The lowest BCUT2D eigenvalue weighted by atomic mass is 10.1. The zero-order chi connectivity index (χ0) is 16.3. The molecule has 4 heteroatoms. The van der Waals surface area contributed by atoms with Crippen LogP contribution in [0.15, 0.2) is 35.2 Å². The van der Waals surface area contributed by atoms with Crippen molar-refractivity contribution in [1.29, 1.82) is 0 Å². The van der Waals surface area contributed by atoms with Gasteiger partial charge >= 0.3 is 0 Å². The summed E-state index contributed by atoms with van der Waals surface area (Å²) in [4.78, 5) is 0.792. The molecule has 0 aliphatic rings. The second-order valence-corrected chi connectivity index (χ2v) is 6.75. The lowest BCUT2D eigenvalue weighted by Crippen LogP contribution is -2.03. The molecule has 2 aromatic rings. The Labute approximate surface area is 134 Å². The van der Waals surface area contributed by atoms with Crippen LogP contribution in [0.5, 0.6) is 11.5 Å². The molecule has 0 fully saturated rings. The third-order valence-electron chi connectivity index (χ3n) is 3.85. The maximum Gasteiger partial charge on any atom is 0.161 e. The first-order valence-electron chi connectivity index (χ1n) is 7.14. The predicted molar refractivity (Wildman–Crippen MR) is 90.3 cm³/mol. The molecule has 0 aromatic heterocycles. The fourth-order valence-electron chi connectivity index (χ4n) is 2.49. The van der Waals surface area contributed by atoms with Gasteiger partial charge in [0.05, 0.1) is 30.8 Å². The van der Waals surface area contributed by atoms with E-state index in [9.17, 15) is 4.21 Å². The van der Waals surface area contributed by atoms with E-state index in [2.05, 4.69) is 26.0 Å². The van der Waals surface area contributed by atoms with Crippen molar-refractivity contribution >= 4 is 10.8 Å². The molecule has 0 N–H and O–H groups in total. The maximum atomic E-state index is 12.8. The van der Waals surface area contributed by atoms with Gasteiger partial charge in [0.15, 0.2) is 11.5 Å². The first-order valence-corrected chi connectivity index (χ1v) is 8.46. The van der Waals surface area contributed by atoms with Crippen LogP contribution in [0.4, 0.5) is 0 Å². The van der Waals surface area contributed by atoms with Crippen LogP contribution in [0.3, 0.4) is 0 Å². The monoisotopic (exact) mass is 318 g/mol. The standard InChI is InChI=1S/C18H22O3S/c1-12-7-6-8-13(2)15(12)11-22(19)18-10-17(21-5)16(20-4)9-14(18)3/h6-10H,11H2,1-5H3/t22-/m1/s1. The van der Waals surface area contributed by atoms with Crippen molar-refractivity contribution in [1.82, 2.24) is 0 Å². The minimum Gasteiger partial charge on any atom is -0.493 e. The van der Waals surface area contributed by atoms with Crippen molar-refractivity contribution in [3.63, 3.8) is 0 Å². The van der Waals surface area contributed by atoms with Crippen LogP contribution in [0.1, 0.15) is 22.3 Å². The van der Waals surface area contributed by atoms with Crippen LogP contribution in [0.25, 0.3) is 0 Å². The number of rotatable bonds is 5. The molecule has 0 amide bonds. The molecule has 0 aliphatic carbocycles. The van der Waals surface area contributed by atoms with E-state index in [1.165, 1.54) is 11.1 Å². The molecule has 118 valence electrons. The van der Waals surface area contributed by atoms with E-state index in [1.807, 2.05) is 25.1 Å². The number of hydrogen-bond acceptors (Lipinski definition) is 3. The molecule has 0 aliphatic heterocycles. The van der Waals surface area contributed by atoms with E-state index in [-0.39, 0.29) is 0 Å². The summed E-state index contributed by atoms with van der Waals surface area (Å²) in [7, 11) is 2.07. The van der Waals surface area contributed by atoms with E-state index >= 15 is 0 Å². The van der Waals surface area contributed by atoms with Crippen molar-refractivity contribution in [3.05, 3.63) is 52.6 Å². The Kier molecular flexibility index (Phi) is 5.24. The number of benzene rings is 2. The lowest BCUT2D eigenvalue weighted by Gasteiger charge is -2.14. The van der Waals surface area contributed by atoms with Crippen LogP contribution in [0.2, 0.25) is 0 Å². The molecule has 2 aromatic carbocycles. The van der Waals surface area contributed by atoms with Crippen LogP contribution in [-0.4, -0.2) is 18.4 Å². The van der Waals surface area contributed by atoms with E-state index in [0.29, 0.717) is 17.3 Å². The molecule has 0 saturated heterocycles. The summed E-state index contributed by atoms with van der Waals surface area (Å²) >= 11 is 0. The Hall–Kier alpha value is -1.81. The highest BCUT2D eigenvalue weighted by atomic mass is 32.2. The fraction of sp³-hybridized carbons (Fsp3) is 0.333. The summed E-state index contributed by atoms with van der Waals surface area (Å²) < 4.78 is 23.4. The van der Waals surface area contributed by atoms with Gasteiger partial charge in [-0.1, -0.05) is 18.2 Å². The Morgan fingerprint density at radius 3 is 2.00 bits per heavy atom. The highest BCUT2D eigenvalue weighted by Gasteiger charge is 2.15. The highest BCUT2D eigenvalue weighted by Crippen LogP contribution is 2.32. The molecule has 0 unspecified atom stereocenters. The van der Waals surface area contributed by atoms with Gasteiger partial charge in [0.2, 0.25) is 0 Å². The van der Waals surface area contributed by atoms with Gasteiger partial charge in [-0.25, -0.2) is 0 Å². The molecule has 0 saturated carbocycles. The van der Waals surface area contributed by atoms with Gasteiger partial charge in [0, 0.05) is 11.0 Å². The van der Waals surface area contributed by atoms with Crippen molar-refractivity contribution in [2.75, 3.05) is 14.2 Å². The Morgan fingerprint density at radius 2 is 1.45 bits per heavy atom. The van der Waals surface area contributed by atoms with Crippen molar-refractivity contribution in [2.24, 2.45) is 0 Å². The maximum absolute atomic E-state index is 12.8. The zero-order valence-corrected chi connectivity index (χ0v) is 14.5. The molecule has 2 rings (SSSR count). The van der Waals surface area contributed by atoms with Crippen molar-refractivity contribution in [3.8, 4) is 11.5 Å². The summed E-state index contributed by atoms with van der Waals surface area (Å²) in [5.41, 5.74) is 4.44. The Morgan fingerprint density at radius 1 is 0.909 bits per heavy atom. The predicted octanol–water partition coefficient (Wildman–Crippen LogP) is 3.94. The second kappa shape index (κ2) is 6.97. The van der Waals surface area contributed by atoms with Gasteiger partial charge in [-0.3, -0.25) is 4.21 Å². The normalized spacial score (nSPS) is 12.0. The minimum atomic E-state index is -1.12. The summed E-state index contributed by atoms with van der Waals surface area (Å²) in [5, 5.41) is 0. The number of ether oxygens (including phenoxy) is 2. The smallest absolute Gasteiger partial charge is 0.161 e. The number of methoxy groups -OCH3 is 2. The van der Waals surface area contributed by atoms with Crippen molar-refractivity contribution < 1.29 is 13.7 Å². The molecule has 0 heterocycles. The molecule has 22 heavy (non-hydrogen) atoms. The first-order chi connectivity index (χ1) is 10.5. The summed E-state index contributed by atoms with van der Waals surface area (Å²) in [6.45, 7) is 6.06. The van der Waals surface area contributed by atoms with Gasteiger partial charge in [-0.15, -0.1) is 0 Å².